The number of rotatable bonds is 3. The first-order chi connectivity index (χ1) is 4.95. The summed E-state index contributed by atoms with van der Waals surface area (Å²) < 4.78 is 0. The van der Waals surface area contributed by atoms with Gasteiger partial charge in [0.05, 0.1) is 5.84 Å². The molecule has 0 aliphatic heterocycles. The fourth-order valence-electron chi connectivity index (χ4n) is 0.647. The summed E-state index contributed by atoms with van der Waals surface area (Å²) in [4.78, 5) is 4.22. The molecule has 2 nitrogen and oxygen atoms in total. The second-order valence-corrected chi connectivity index (χ2v) is 4.04. The Hall–Kier alpha value is -0.530. The first-order valence-corrected chi connectivity index (χ1v) is 4.24. The zero-order chi connectivity index (χ0) is 8.91. The van der Waals surface area contributed by atoms with Crippen LogP contribution in [-0.2, 0) is 0 Å². The lowest BCUT2D eigenvalue weighted by molar-refractivity contribution is 0.385. The number of nitrogens with zero attached hydrogens (tertiary/aromatic N) is 1. The Morgan fingerprint density at radius 3 is 2.27 bits per heavy atom. The van der Waals surface area contributed by atoms with Crippen molar-refractivity contribution in [2.75, 3.05) is 6.54 Å². The number of hydrogen-bond acceptors (Lipinski definition) is 1. The van der Waals surface area contributed by atoms with Gasteiger partial charge in [-0.15, -0.1) is 0 Å². The van der Waals surface area contributed by atoms with Crippen LogP contribution in [-0.4, -0.2) is 12.4 Å². The van der Waals surface area contributed by atoms with Crippen LogP contribution < -0.4 is 5.73 Å². The third-order valence-electron chi connectivity index (χ3n) is 1.54. The van der Waals surface area contributed by atoms with E-state index in [1.165, 1.54) is 0 Å². The average Bonchev–Trinajstić information content (AvgIpc) is 1.85. The van der Waals surface area contributed by atoms with Crippen LogP contribution in [0, 0.1) is 5.41 Å². The van der Waals surface area contributed by atoms with Gasteiger partial charge in [-0.25, -0.2) is 0 Å². The Bertz CT molecular complexity index is 131. The van der Waals surface area contributed by atoms with Gasteiger partial charge in [0.15, 0.2) is 0 Å². The van der Waals surface area contributed by atoms with Gasteiger partial charge in [0.1, 0.15) is 0 Å². The van der Waals surface area contributed by atoms with Crippen molar-refractivity contribution < 1.29 is 0 Å². The molecule has 0 heterocycles. The maximum Gasteiger partial charge on any atom is 0.0934 e. The van der Waals surface area contributed by atoms with E-state index in [1.54, 1.807) is 0 Å². The Kier molecular flexibility index (Phi) is 4.16. The number of aliphatic imine (C=N–C) groups is 1. The summed E-state index contributed by atoms with van der Waals surface area (Å²) in [6, 6.07) is 0. The monoisotopic (exact) mass is 156 g/mol. The predicted octanol–water partition coefficient (Wildman–Crippen LogP) is 2.19. The first-order valence-electron chi connectivity index (χ1n) is 4.24. The Labute approximate surface area is 69.9 Å². The van der Waals surface area contributed by atoms with Crippen molar-refractivity contribution in [3.05, 3.63) is 0 Å². The minimum atomic E-state index is 0.373. The van der Waals surface area contributed by atoms with Crippen molar-refractivity contribution in [1.82, 2.24) is 0 Å². The molecule has 0 fully saturated rings. The molecular weight excluding hydrogens is 136 g/mol. The van der Waals surface area contributed by atoms with E-state index < -0.39 is 0 Å². The van der Waals surface area contributed by atoms with Crippen LogP contribution in [0.5, 0.6) is 0 Å². The average molecular weight is 156 g/mol. The second kappa shape index (κ2) is 4.37. The molecule has 0 spiro atoms. The molecule has 0 radical (unpaired) electrons. The normalized spacial score (nSPS) is 13.6. The third-order valence-corrected chi connectivity index (χ3v) is 1.54. The molecule has 0 aromatic carbocycles. The molecule has 0 amide bonds. The quantitative estimate of drug-likeness (QED) is 0.493. The van der Waals surface area contributed by atoms with Gasteiger partial charge in [-0.1, -0.05) is 27.7 Å². The molecule has 0 unspecified atom stereocenters. The Morgan fingerprint density at radius 1 is 1.36 bits per heavy atom. The van der Waals surface area contributed by atoms with E-state index >= 15 is 0 Å². The molecule has 0 aliphatic carbocycles. The summed E-state index contributed by atoms with van der Waals surface area (Å²) in [6.07, 6.45) is 1.97. The molecule has 0 atom stereocenters. The lowest BCUT2D eigenvalue weighted by atomic mass is 9.92. The molecule has 0 bridgehead atoms. The highest BCUT2D eigenvalue weighted by atomic mass is 14.8. The largest absolute Gasteiger partial charge is 0.387 e. The Morgan fingerprint density at radius 2 is 1.91 bits per heavy atom. The highest BCUT2D eigenvalue weighted by molar-refractivity contribution is 5.79. The van der Waals surface area contributed by atoms with E-state index in [9.17, 15) is 0 Å². The summed E-state index contributed by atoms with van der Waals surface area (Å²) in [7, 11) is 0. The van der Waals surface area contributed by atoms with Gasteiger partial charge in [-0.3, -0.25) is 4.99 Å². The summed E-state index contributed by atoms with van der Waals surface area (Å²) in [6.45, 7) is 9.53. The van der Waals surface area contributed by atoms with E-state index in [-0.39, 0.29) is 0 Å². The van der Waals surface area contributed by atoms with Crippen molar-refractivity contribution in [3.63, 3.8) is 0 Å². The fourth-order valence-corrected chi connectivity index (χ4v) is 0.647. The lowest BCUT2D eigenvalue weighted by Gasteiger charge is -2.15. The first kappa shape index (κ1) is 10.5. The van der Waals surface area contributed by atoms with Crippen molar-refractivity contribution in [3.8, 4) is 0 Å². The second-order valence-electron chi connectivity index (χ2n) is 4.04. The molecule has 0 aromatic heterocycles. The highest BCUT2D eigenvalue weighted by Crippen LogP contribution is 2.17. The highest BCUT2D eigenvalue weighted by Gasteiger charge is 2.08. The zero-order valence-electron chi connectivity index (χ0n) is 8.15. The van der Waals surface area contributed by atoms with Crippen LogP contribution in [0.15, 0.2) is 4.99 Å². The molecule has 0 saturated carbocycles. The van der Waals surface area contributed by atoms with Gasteiger partial charge >= 0.3 is 0 Å². The van der Waals surface area contributed by atoms with Crippen LogP contribution in [0.3, 0.4) is 0 Å². The maximum absolute atomic E-state index is 5.55. The minimum absolute atomic E-state index is 0.373. The molecule has 0 aliphatic rings. The molecule has 66 valence electrons. The number of hydrogen-bond donors (Lipinski definition) is 1. The van der Waals surface area contributed by atoms with E-state index in [0.29, 0.717) is 5.41 Å². The smallest absolute Gasteiger partial charge is 0.0934 e. The fraction of sp³-hybridized carbons (Fsp3) is 0.889. The summed E-state index contributed by atoms with van der Waals surface area (Å²) in [5.41, 5.74) is 5.92. The van der Waals surface area contributed by atoms with Crippen LogP contribution in [0.1, 0.15) is 40.5 Å². The van der Waals surface area contributed by atoms with E-state index in [0.717, 1.165) is 25.2 Å². The maximum atomic E-state index is 5.55. The van der Waals surface area contributed by atoms with Gasteiger partial charge in [0, 0.05) is 13.0 Å². The van der Waals surface area contributed by atoms with Gasteiger partial charge in [0.2, 0.25) is 0 Å². The van der Waals surface area contributed by atoms with Crippen molar-refractivity contribution in [2.24, 2.45) is 16.1 Å². The molecule has 0 rings (SSSR count). The van der Waals surface area contributed by atoms with Crippen LogP contribution in [0.2, 0.25) is 0 Å². The summed E-state index contributed by atoms with van der Waals surface area (Å²) >= 11 is 0. The molecule has 0 aromatic rings. The molecule has 0 saturated heterocycles. The van der Waals surface area contributed by atoms with Crippen molar-refractivity contribution in [2.45, 2.75) is 40.5 Å². The SMILES string of the molecule is CCC(N)=NCCC(C)(C)C. The van der Waals surface area contributed by atoms with Crippen molar-refractivity contribution in [1.29, 1.82) is 0 Å². The predicted molar refractivity (Wildman–Crippen MR) is 50.9 cm³/mol. The summed E-state index contributed by atoms with van der Waals surface area (Å²) in [5.74, 6) is 0.772. The number of nitrogens with two attached hydrogens (primary N) is 1. The van der Waals surface area contributed by atoms with Crippen LogP contribution in [0.4, 0.5) is 0 Å². The van der Waals surface area contributed by atoms with Gasteiger partial charge in [0.25, 0.3) is 0 Å². The molecule has 2 N–H and O–H groups in total. The van der Waals surface area contributed by atoms with E-state index in [2.05, 4.69) is 25.8 Å². The molecule has 2 heteroatoms. The topological polar surface area (TPSA) is 38.4 Å². The molecule has 11 heavy (non-hydrogen) atoms. The molecular formula is C9H20N2. The van der Waals surface area contributed by atoms with Crippen LogP contribution in [0.25, 0.3) is 0 Å². The van der Waals surface area contributed by atoms with Crippen LogP contribution >= 0.6 is 0 Å². The van der Waals surface area contributed by atoms with E-state index in [1.807, 2.05) is 6.92 Å². The van der Waals surface area contributed by atoms with Gasteiger partial charge in [-0.2, -0.15) is 0 Å². The van der Waals surface area contributed by atoms with Crippen molar-refractivity contribution >= 4 is 5.84 Å². The van der Waals surface area contributed by atoms with Gasteiger partial charge < -0.3 is 5.73 Å². The van der Waals surface area contributed by atoms with E-state index in [4.69, 9.17) is 5.73 Å². The lowest BCUT2D eigenvalue weighted by Crippen LogP contribution is -2.12. The third kappa shape index (κ3) is 7.37. The standard InChI is InChI=1S/C9H20N2/c1-5-8(10)11-7-6-9(2,3)4/h5-7H2,1-4H3,(H2,10,11). The summed E-state index contributed by atoms with van der Waals surface area (Å²) in [5, 5.41) is 0. The minimum Gasteiger partial charge on any atom is -0.387 e. The Balaban J connectivity index is 3.57. The number of amidine groups is 1. The zero-order valence-corrected chi connectivity index (χ0v) is 8.15. The van der Waals surface area contributed by atoms with Gasteiger partial charge in [-0.05, 0) is 11.8 Å².